The van der Waals surface area contributed by atoms with Crippen LogP contribution in [0.2, 0.25) is 0 Å². The fraction of sp³-hybridized carbons (Fsp3) is 0.600. The molecule has 0 amide bonds. The summed E-state index contributed by atoms with van der Waals surface area (Å²) in [5, 5.41) is 3.54. The van der Waals surface area contributed by atoms with E-state index in [1.54, 1.807) is 0 Å². The zero-order valence-electron chi connectivity index (χ0n) is 10.9. The first-order valence-electron chi connectivity index (χ1n) is 6.84. The highest BCUT2D eigenvalue weighted by atomic mass is 15.2. The number of benzene rings is 1. The Balaban J connectivity index is 1.70. The summed E-state index contributed by atoms with van der Waals surface area (Å²) in [6.45, 7) is 7.16. The van der Waals surface area contributed by atoms with Crippen LogP contribution in [-0.4, -0.2) is 37.1 Å². The molecule has 2 rings (SSSR count). The van der Waals surface area contributed by atoms with E-state index in [-0.39, 0.29) is 0 Å². The summed E-state index contributed by atoms with van der Waals surface area (Å²) < 4.78 is 0. The van der Waals surface area contributed by atoms with Crippen LogP contribution in [0.1, 0.15) is 25.3 Å². The van der Waals surface area contributed by atoms with Gasteiger partial charge in [-0.25, -0.2) is 0 Å². The van der Waals surface area contributed by atoms with Gasteiger partial charge >= 0.3 is 0 Å². The van der Waals surface area contributed by atoms with Crippen molar-refractivity contribution in [2.45, 2.75) is 32.2 Å². The van der Waals surface area contributed by atoms with E-state index in [0.717, 1.165) is 0 Å². The predicted octanol–water partition coefficient (Wildman–Crippen LogP) is 2.30. The highest BCUT2D eigenvalue weighted by Gasteiger charge is 2.12. The van der Waals surface area contributed by atoms with Gasteiger partial charge < -0.3 is 10.2 Å². The molecule has 17 heavy (non-hydrogen) atoms. The number of rotatable bonds is 4. The number of nitrogens with one attached hydrogen (secondary N) is 1. The Morgan fingerprint density at radius 3 is 2.94 bits per heavy atom. The van der Waals surface area contributed by atoms with E-state index < -0.39 is 0 Å². The van der Waals surface area contributed by atoms with Gasteiger partial charge in [0.15, 0.2) is 0 Å². The van der Waals surface area contributed by atoms with Crippen LogP contribution in [0.4, 0.5) is 0 Å². The fourth-order valence-electron chi connectivity index (χ4n) is 2.55. The fourth-order valence-corrected chi connectivity index (χ4v) is 2.55. The maximum atomic E-state index is 3.54. The zero-order valence-corrected chi connectivity index (χ0v) is 10.9. The average Bonchev–Trinajstić information content (AvgIpc) is 2.55. The lowest BCUT2D eigenvalue weighted by molar-refractivity contribution is 0.269. The molecule has 94 valence electrons. The molecule has 0 spiro atoms. The molecule has 0 aliphatic carbocycles. The lowest BCUT2D eigenvalue weighted by Crippen LogP contribution is -2.35. The Labute approximate surface area is 105 Å². The van der Waals surface area contributed by atoms with Crippen LogP contribution in [0, 0.1) is 0 Å². The van der Waals surface area contributed by atoms with Crippen LogP contribution in [0.25, 0.3) is 0 Å². The summed E-state index contributed by atoms with van der Waals surface area (Å²) in [7, 11) is 0. The van der Waals surface area contributed by atoms with Crippen LogP contribution in [0.3, 0.4) is 0 Å². The summed E-state index contributed by atoms with van der Waals surface area (Å²) in [6, 6.07) is 11.5. The van der Waals surface area contributed by atoms with Crippen molar-refractivity contribution in [3.05, 3.63) is 35.9 Å². The second-order valence-electron chi connectivity index (χ2n) is 5.10. The van der Waals surface area contributed by atoms with Gasteiger partial charge in [0.25, 0.3) is 0 Å². The van der Waals surface area contributed by atoms with E-state index in [0.29, 0.717) is 6.04 Å². The number of hydrogen-bond acceptors (Lipinski definition) is 2. The first kappa shape index (κ1) is 12.6. The molecule has 1 unspecified atom stereocenters. The van der Waals surface area contributed by atoms with Gasteiger partial charge in [0, 0.05) is 12.6 Å². The van der Waals surface area contributed by atoms with Crippen molar-refractivity contribution in [1.82, 2.24) is 10.2 Å². The first-order chi connectivity index (χ1) is 8.34. The van der Waals surface area contributed by atoms with Crippen LogP contribution in [-0.2, 0) is 6.42 Å². The Bertz CT molecular complexity index is 310. The van der Waals surface area contributed by atoms with Gasteiger partial charge in [0.1, 0.15) is 0 Å². The van der Waals surface area contributed by atoms with Crippen molar-refractivity contribution in [1.29, 1.82) is 0 Å². The minimum Gasteiger partial charge on any atom is -0.313 e. The third-order valence-corrected chi connectivity index (χ3v) is 3.46. The molecule has 2 heteroatoms. The summed E-state index contributed by atoms with van der Waals surface area (Å²) in [5.74, 6) is 0. The van der Waals surface area contributed by atoms with Gasteiger partial charge in [-0.3, -0.25) is 0 Å². The van der Waals surface area contributed by atoms with Gasteiger partial charge in [0.2, 0.25) is 0 Å². The molecule has 1 aliphatic heterocycles. The van der Waals surface area contributed by atoms with Gasteiger partial charge in [-0.05, 0) is 51.4 Å². The van der Waals surface area contributed by atoms with Crippen molar-refractivity contribution in [3.63, 3.8) is 0 Å². The van der Waals surface area contributed by atoms with Crippen LogP contribution in [0.15, 0.2) is 30.3 Å². The maximum absolute atomic E-state index is 3.54. The second kappa shape index (κ2) is 6.77. The van der Waals surface area contributed by atoms with Crippen LogP contribution in [0.5, 0.6) is 0 Å². The van der Waals surface area contributed by atoms with Crippen molar-refractivity contribution in [2.75, 3.05) is 26.2 Å². The highest BCUT2D eigenvalue weighted by molar-refractivity contribution is 5.14. The molecule has 0 bridgehead atoms. The molecule has 1 aliphatic rings. The Morgan fingerprint density at radius 2 is 2.12 bits per heavy atom. The van der Waals surface area contributed by atoms with E-state index in [1.807, 2.05) is 0 Å². The number of nitrogens with zero attached hydrogens (tertiary/aromatic N) is 1. The molecule has 0 radical (unpaired) electrons. The molecule has 1 fully saturated rings. The van der Waals surface area contributed by atoms with E-state index in [4.69, 9.17) is 0 Å². The smallest absolute Gasteiger partial charge is 0.0166 e. The summed E-state index contributed by atoms with van der Waals surface area (Å²) in [5.41, 5.74) is 1.47. The molecule has 1 heterocycles. The van der Waals surface area contributed by atoms with Gasteiger partial charge in [-0.15, -0.1) is 0 Å². The Morgan fingerprint density at radius 1 is 1.29 bits per heavy atom. The Kier molecular flexibility index (Phi) is 5.02. The second-order valence-corrected chi connectivity index (χ2v) is 5.10. The summed E-state index contributed by atoms with van der Waals surface area (Å²) in [4.78, 5) is 2.60. The topological polar surface area (TPSA) is 15.3 Å². The number of aryl methyl sites for hydroxylation is 1. The zero-order chi connectivity index (χ0) is 11.9. The first-order valence-corrected chi connectivity index (χ1v) is 6.84. The van der Waals surface area contributed by atoms with Crippen molar-refractivity contribution in [3.8, 4) is 0 Å². The maximum Gasteiger partial charge on any atom is 0.0166 e. The quantitative estimate of drug-likeness (QED) is 0.857. The van der Waals surface area contributed by atoms with Crippen LogP contribution >= 0.6 is 0 Å². The SMILES string of the molecule is CC1CN(CCCc2ccccc2)CCCN1. The molecule has 1 atom stereocenters. The standard InChI is InChI=1S/C15H24N2/c1-14-13-17(12-6-10-16-14)11-5-9-15-7-3-2-4-8-15/h2-4,7-8,14,16H,5-6,9-13H2,1H3. The average molecular weight is 232 g/mol. The lowest BCUT2D eigenvalue weighted by Gasteiger charge is -2.22. The van der Waals surface area contributed by atoms with E-state index >= 15 is 0 Å². The largest absolute Gasteiger partial charge is 0.313 e. The molecule has 2 nitrogen and oxygen atoms in total. The lowest BCUT2D eigenvalue weighted by atomic mass is 10.1. The molecule has 1 N–H and O–H groups in total. The molecule has 1 saturated heterocycles. The van der Waals surface area contributed by atoms with E-state index in [2.05, 4.69) is 47.5 Å². The predicted molar refractivity (Wildman–Crippen MR) is 73.3 cm³/mol. The van der Waals surface area contributed by atoms with Gasteiger partial charge in [0.05, 0.1) is 0 Å². The van der Waals surface area contributed by atoms with Crippen molar-refractivity contribution >= 4 is 0 Å². The third-order valence-electron chi connectivity index (χ3n) is 3.46. The molecular weight excluding hydrogens is 208 g/mol. The molecule has 0 aromatic heterocycles. The normalized spacial score (nSPS) is 22.3. The van der Waals surface area contributed by atoms with Crippen molar-refractivity contribution in [2.24, 2.45) is 0 Å². The minimum absolute atomic E-state index is 0.647. The summed E-state index contributed by atoms with van der Waals surface area (Å²) >= 11 is 0. The molecule has 1 aromatic carbocycles. The van der Waals surface area contributed by atoms with E-state index in [9.17, 15) is 0 Å². The van der Waals surface area contributed by atoms with E-state index in [1.165, 1.54) is 51.0 Å². The monoisotopic (exact) mass is 232 g/mol. The van der Waals surface area contributed by atoms with Crippen LogP contribution < -0.4 is 5.32 Å². The summed E-state index contributed by atoms with van der Waals surface area (Å²) in [6.07, 6.45) is 3.77. The highest BCUT2D eigenvalue weighted by Crippen LogP contribution is 2.06. The van der Waals surface area contributed by atoms with Crippen molar-refractivity contribution < 1.29 is 0 Å². The molecule has 0 saturated carbocycles. The molecule has 1 aromatic rings. The molecular formula is C15H24N2. The minimum atomic E-state index is 0.647. The number of hydrogen-bond donors (Lipinski definition) is 1. The Hall–Kier alpha value is -0.860. The van der Waals surface area contributed by atoms with Gasteiger partial charge in [-0.1, -0.05) is 30.3 Å². The van der Waals surface area contributed by atoms with Gasteiger partial charge in [-0.2, -0.15) is 0 Å². The third kappa shape index (κ3) is 4.49.